The highest BCUT2D eigenvalue weighted by Crippen LogP contribution is 2.28. The summed E-state index contributed by atoms with van der Waals surface area (Å²) < 4.78 is 14.1. The number of halogens is 1. The Hall–Kier alpha value is -2.24. The molecule has 29 heavy (non-hydrogen) atoms. The molecular formula is C24H30FN3O. The first-order valence-electron chi connectivity index (χ1n) is 10.6. The summed E-state index contributed by atoms with van der Waals surface area (Å²) >= 11 is 0. The van der Waals surface area contributed by atoms with Crippen LogP contribution in [-0.4, -0.2) is 42.5 Å². The first kappa shape index (κ1) is 20.0. The molecule has 2 aromatic carbocycles. The van der Waals surface area contributed by atoms with E-state index in [1.165, 1.54) is 11.6 Å². The number of likely N-dealkylation sites (tertiary alicyclic amines) is 1. The zero-order valence-corrected chi connectivity index (χ0v) is 17.2. The number of carbonyl (C=O) groups is 1. The van der Waals surface area contributed by atoms with Crippen molar-refractivity contribution in [2.75, 3.05) is 24.5 Å². The van der Waals surface area contributed by atoms with E-state index < -0.39 is 0 Å². The lowest BCUT2D eigenvalue weighted by atomic mass is 9.85. The lowest BCUT2D eigenvalue weighted by Gasteiger charge is -2.42. The van der Waals surface area contributed by atoms with Crippen molar-refractivity contribution in [1.82, 2.24) is 10.2 Å². The highest BCUT2D eigenvalue weighted by Gasteiger charge is 2.39. The average Bonchev–Trinajstić information content (AvgIpc) is 3.06. The van der Waals surface area contributed by atoms with Crippen LogP contribution in [0.5, 0.6) is 0 Å². The highest BCUT2D eigenvalue weighted by atomic mass is 19.1. The van der Waals surface area contributed by atoms with Gasteiger partial charge in [-0.15, -0.1) is 0 Å². The Labute approximate surface area is 172 Å². The number of para-hydroxylation sites is 1. The minimum Gasteiger partial charge on any atom is -0.308 e. The molecule has 0 aromatic heterocycles. The molecule has 0 bridgehead atoms. The van der Waals surface area contributed by atoms with Gasteiger partial charge in [0.2, 0.25) is 5.91 Å². The highest BCUT2D eigenvalue weighted by molar-refractivity contribution is 5.99. The molecule has 0 radical (unpaired) electrons. The van der Waals surface area contributed by atoms with E-state index in [0.717, 1.165) is 26.1 Å². The van der Waals surface area contributed by atoms with E-state index in [-0.39, 0.29) is 23.8 Å². The van der Waals surface area contributed by atoms with Gasteiger partial charge in [0, 0.05) is 32.2 Å². The number of hydrogen-bond donors (Lipinski definition) is 1. The Morgan fingerprint density at radius 1 is 1.00 bits per heavy atom. The molecule has 4 nitrogen and oxygen atoms in total. The normalized spacial score (nSPS) is 26.2. The molecule has 0 aliphatic carbocycles. The minimum atomic E-state index is -0.336. The summed E-state index contributed by atoms with van der Waals surface area (Å²) in [5.41, 5.74) is 1.73. The largest absolute Gasteiger partial charge is 0.308 e. The molecule has 154 valence electrons. The van der Waals surface area contributed by atoms with Gasteiger partial charge in [0.15, 0.2) is 0 Å². The van der Waals surface area contributed by atoms with Gasteiger partial charge in [-0.25, -0.2) is 4.39 Å². The first-order valence-corrected chi connectivity index (χ1v) is 10.6. The lowest BCUT2D eigenvalue weighted by molar-refractivity contribution is -0.119. The van der Waals surface area contributed by atoms with Crippen molar-refractivity contribution in [1.29, 1.82) is 0 Å². The third-order valence-corrected chi connectivity index (χ3v) is 6.31. The molecule has 2 heterocycles. The van der Waals surface area contributed by atoms with Crippen LogP contribution in [-0.2, 0) is 11.3 Å². The molecule has 3 atom stereocenters. The molecule has 1 amide bonds. The van der Waals surface area contributed by atoms with Gasteiger partial charge in [0.25, 0.3) is 0 Å². The van der Waals surface area contributed by atoms with E-state index in [9.17, 15) is 9.18 Å². The fraction of sp³-hybridized carbons (Fsp3) is 0.458. The maximum Gasteiger partial charge on any atom is 0.244 e. The maximum absolute atomic E-state index is 14.1. The van der Waals surface area contributed by atoms with Crippen LogP contribution in [0.25, 0.3) is 0 Å². The number of rotatable bonds is 5. The van der Waals surface area contributed by atoms with Crippen LogP contribution in [0.1, 0.15) is 25.8 Å². The van der Waals surface area contributed by atoms with Crippen LogP contribution in [0.2, 0.25) is 0 Å². The number of anilines is 1. The third-order valence-electron chi connectivity index (χ3n) is 6.31. The molecule has 2 aromatic rings. The summed E-state index contributed by atoms with van der Waals surface area (Å²) in [4.78, 5) is 17.0. The summed E-state index contributed by atoms with van der Waals surface area (Å²) in [5, 5.41) is 3.63. The van der Waals surface area contributed by atoms with Crippen LogP contribution in [0.3, 0.4) is 0 Å². The molecule has 0 spiro atoms. The van der Waals surface area contributed by atoms with Gasteiger partial charge in [-0.05, 0) is 36.0 Å². The summed E-state index contributed by atoms with van der Waals surface area (Å²) in [7, 11) is 0. The average molecular weight is 396 g/mol. The zero-order valence-electron chi connectivity index (χ0n) is 17.2. The number of nitrogens with zero attached hydrogens (tertiary/aromatic N) is 2. The molecule has 2 aliphatic heterocycles. The predicted molar refractivity (Wildman–Crippen MR) is 114 cm³/mol. The van der Waals surface area contributed by atoms with Crippen LogP contribution in [0, 0.1) is 17.7 Å². The molecular weight excluding hydrogens is 365 g/mol. The van der Waals surface area contributed by atoms with Crippen molar-refractivity contribution in [3.05, 3.63) is 66.0 Å². The zero-order chi connectivity index (χ0) is 20.4. The quantitative estimate of drug-likeness (QED) is 0.839. The van der Waals surface area contributed by atoms with E-state index in [1.54, 1.807) is 23.1 Å². The number of nitrogens with one attached hydrogen (secondary N) is 1. The molecule has 2 saturated heterocycles. The summed E-state index contributed by atoms with van der Waals surface area (Å²) in [6, 6.07) is 17.2. The van der Waals surface area contributed by atoms with E-state index in [2.05, 4.69) is 48.3 Å². The SMILES string of the molecule is C[C@@H]1CN(Cc2ccccc2)C[C@@H](C)C1N[C@H]1CCN(c2ccccc2F)C1=O. The predicted octanol–water partition coefficient (Wildman–Crippen LogP) is 3.68. The summed E-state index contributed by atoms with van der Waals surface area (Å²) in [6.07, 6.45) is 0.719. The molecule has 2 fully saturated rings. The molecule has 2 aliphatic rings. The minimum absolute atomic E-state index is 0.0128. The number of piperidine rings is 1. The Kier molecular flexibility index (Phi) is 5.97. The molecule has 4 rings (SSSR count). The second-order valence-corrected chi connectivity index (χ2v) is 8.61. The molecule has 5 heteroatoms. The maximum atomic E-state index is 14.1. The number of carbonyl (C=O) groups excluding carboxylic acids is 1. The van der Waals surface area contributed by atoms with Crippen LogP contribution in [0.4, 0.5) is 10.1 Å². The monoisotopic (exact) mass is 395 g/mol. The Morgan fingerprint density at radius 2 is 1.66 bits per heavy atom. The van der Waals surface area contributed by atoms with E-state index >= 15 is 0 Å². The molecule has 1 N–H and O–H groups in total. The summed E-state index contributed by atoms with van der Waals surface area (Å²) in [5.74, 6) is 0.536. The first-order chi connectivity index (χ1) is 14.0. The van der Waals surface area contributed by atoms with E-state index in [0.29, 0.717) is 24.1 Å². The van der Waals surface area contributed by atoms with Gasteiger partial charge in [0.05, 0.1) is 11.7 Å². The van der Waals surface area contributed by atoms with Crippen molar-refractivity contribution in [2.24, 2.45) is 11.8 Å². The molecule has 0 unspecified atom stereocenters. The fourth-order valence-electron chi connectivity index (χ4n) is 4.95. The van der Waals surface area contributed by atoms with Gasteiger partial charge in [-0.2, -0.15) is 0 Å². The van der Waals surface area contributed by atoms with Gasteiger partial charge in [-0.1, -0.05) is 56.3 Å². The Bertz CT molecular complexity index is 831. The third kappa shape index (κ3) is 4.36. The molecule has 0 saturated carbocycles. The second kappa shape index (κ2) is 8.64. The van der Waals surface area contributed by atoms with Crippen LogP contribution < -0.4 is 10.2 Å². The van der Waals surface area contributed by atoms with Crippen molar-refractivity contribution in [2.45, 2.75) is 38.9 Å². The van der Waals surface area contributed by atoms with Crippen molar-refractivity contribution >= 4 is 11.6 Å². The van der Waals surface area contributed by atoms with Crippen molar-refractivity contribution < 1.29 is 9.18 Å². The van der Waals surface area contributed by atoms with Crippen LogP contribution >= 0.6 is 0 Å². The topological polar surface area (TPSA) is 35.6 Å². The van der Waals surface area contributed by atoms with Crippen LogP contribution in [0.15, 0.2) is 54.6 Å². The van der Waals surface area contributed by atoms with E-state index in [4.69, 9.17) is 0 Å². The number of hydrogen-bond acceptors (Lipinski definition) is 3. The van der Waals surface area contributed by atoms with E-state index in [1.807, 2.05) is 6.07 Å². The van der Waals surface area contributed by atoms with Gasteiger partial charge < -0.3 is 10.2 Å². The smallest absolute Gasteiger partial charge is 0.244 e. The Balaban J connectivity index is 1.37. The van der Waals surface area contributed by atoms with Crippen molar-refractivity contribution in [3.8, 4) is 0 Å². The van der Waals surface area contributed by atoms with Gasteiger partial charge in [0.1, 0.15) is 5.82 Å². The van der Waals surface area contributed by atoms with Crippen molar-refractivity contribution in [3.63, 3.8) is 0 Å². The van der Waals surface area contributed by atoms with Gasteiger partial charge >= 0.3 is 0 Å². The van der Waals surface area contributed by atoms with Gasteiger partial charge in [-0.3, -0.25) is 9.69 Å². The number of amides is 1. The summed E-state index contributed by atoms with van der Waals surface area (Å²) in [6.45, 7) is 8.07. The number of benzene rings is 2. The fourth-order valence-corrected chi connectivity index (χ4v) is 4.95. The second-order valence-electron chi connectivity index (χ2n) is 8.61. The Morgan fingerprint density at radius 3 is 2.34 bits per heavy atom. The standard InChI is InChI=1S/C24H30FN3O/c1-17-14-27(16-19-8-4-3-5-9-19)15-18(2)23(17)26-21-12-13-28(24(21)29)22-11-7-6-10-20(22)25/h3-11,17-18,21,23,26H,12-16H2,1-2H3/t17-,18-,21+/m1/s1. The lowest BCUT2D eigenvalue weighted by Crippen LogP contribution is -2.56.